The van der Waals surface area contributed by atoms with Gasteiger partial charge in [0.2, 0.25) is 0 Å². The Bertz CT molecular complexity index is 356. The van der Waals surface area contributed by atoms with E-state index >= 15 is 0 Å². The first-order valence-corrected chi connectivity index (χ1v) is 6.19. The van der Waals surface area contributed by atoms with E-state index in [4.69, 9.17) is 0 Å². The maximum Gasteiger partial charge on any atom is 0.323 e. The van der Waals surface area contributed by atoms with Gasteiger partial charge >= 0.3 is 5.97 Å². The molecule has 0 spiro atoms. The summed E-state index contributed by atoms with van der Waals surface area (Å²) in [5.41, 5.74) is -0.703. The Hall–Kier alpha value is -1.36. The zero-order chi connectivity index (χ0) is 12.1. The second-order valence-corrected chi connectivity index (χ2v) is 4.64. The Balaban J connectivity index is 1.87. The van der Waals surface area contributed by atoms with Crippen LogP contribution in [-0.4, -0.2) is 32.9 Å². The van der Waals surface area contributed by atoms with Crippen molar-refractivity contribution < 1.29 is 9.90 Å². The standard InChI is InChI=1S/C12H19N3O2/c16-11(17)12(5-2-1-3-6-12)13-8-10-15-9-4-7-14-15/h4,7,9,13H,1-3,5-6,8,10H2,(H,16,17). The molecule has 0 saturated heterocycles. The molecule has 1 aromatic heterocycles. The molecule has 0 aromatic carbocycles. The van der Waals surface area contributed by atoms with E-state index in [0.29, 0.717) is 13.1 Å². The highest BCUT2D eigenvalue weighted by atomic mass is 16.4. The SMILES string of the molecule is O=C(O)C1(NCCn2cccn2)CCCCC1. The summed E-state index contributed by atoms with van der Waals surface area (Å²) in [7, 11) is 0. The number of hydrogen-bond acceptors (Lipinski definition) is 3. The minimum Gasteiger partial charge on any atom is -0.480 e. The third-order valence-electron chi connectivity index (χ3n) is 3.48. The topological polar surface area (TPSA) is 67.2 Å². The molecule has 94 valence electrons. The average molecular weight is 237 g/mol. The molecule has 0 bridgehead atoms. The van der Waals surface area contributed by atoms with Crippen LogP contribution in [0.3, 0.4) is 0 Å². The summed E-state index contributed by atoms with van der Waals surface area (Å²) in [6, 6.07) is 1.87. The van der Waals surface area contributed by atoms with Crippen molar-refractivity contribution in [3.63, 3.8) is 0 Å². The average Bonchev–Trinajstić information content (AvgIpc) is 2.83. The van der Waals surface area contributed by atoms with Crippen LogP contribution in [0.1, 0.15) is 32.1 Å². The highest BCUT2D eigenvalue weighted by molar-refractivity contribution is 5.78. The first kappa shape index (κ1) is 12.1. The smallest absolute Gasteiger partial charge is 0.323 e. The van der Waals surface area contributed by atoms with Crippen LogP contribution in [0.25, 0.3) is 0 Å². The van der Waals surface area contributed by atoms with E-state index in [2.05, 4.69) is 10.4 Å². The fourth-order valence-corrected chi connectivity index (χ4v) is 2.46. The molecule has 0 unspecified atom stereocenters. The molecule has 1 aliphatic carbocycles. The summed E-state index contributed by atoms with van der Waals surface area (Å²) >= 11 is 0. The number of carboxylic acids is 1. The molecule has 1 saturated carbocycles. The summed E-state index contributed by atoms with van der Waals surface area (Å²) in [5.74, 6) is -0.710. The van der Waals surface area contributed by atoms with Crippen molar-refractivity contribution in [1.82, 2.24) is 15.1 Å². The summed E-state index contributed by atoms with van der Waals surface area (Å²) in [5, 5.41) is 16.7. The van der Waals surface area contributed by atoms with Crippen LogP contribution >= 0.6 is 0 Å². The van der Waals surface area contributed by atoms with Crippen molar-refractivity contribution in [1.29, 1.82) is 0 Å². The Morgan fingerprint density at radius 3 is 2.76 bits per heavy atom. The predicted octanol–water partition coefficient (Wildman–Crippen LogP) is 1.26. The number of aliphatic carboxylic acids is 1. The quantitative estimate of drug-likeness (QED) is 0.809. The van der Waals surface area contributed by atoms with Gasteiger partial charge in [0, 0.05) is 18.9 Å². The summed E-state index contributed by atoms with van der Waals surface area (Å²) in [6.07, 6.45) is 8.24. The zero-order valence-electron chi connectivity index (χ0n) is 9.93. The van der Waals surface area contributed by atoms with E-state index in [1.165, 1.54) is 0 Å². The van der Waals surface area contributed by atoms with Crippen molar-refractivity contribution in [2.24, 2.45) is 0 Å². The van der Waals surface area contributed by atoms with Gasteiger partial charge in [0.25, 0.3) is 0 Å². The van der Waals surface area contributed by atoms with Crippen molar-refractivity contribution in [2.45, 2.75) is 44.2 Å². The van der Waals surface area contributed by atoms with Gasteiger partial charge in [-0.3, -0.25) is 9.48 Å². The molecule has 1 aliphatic rings. The van der Waals surface area contributed by atoms with Crippen molar-refractivity contribution in [2.75, 3.05) is 6.54 Å². The Kier molecular flexibility index (Phi) is 3.78. The molecule has 2 N–H and O–H groups in total. The number of carboxylic acid groups (broad SMARTS) is 1. The molecule has 0 amide bonds. The van der Waals surface area contributed by atoms with Crippen LogP contribution in [0.5, 0.6) is 0 Å². The van der Waals surface area contributed by atoms with Gasteiger partial charge in [-0.2, -0.15) is 5.10 Å². The number of nitrogens with zero attached hydrogens (tertiary/aromatic N) is 2. The molecule has 17 heavy (non-hydrogen) atoms. The molecule has 0 aliphatic heterocycles. The summed E-state index contributed by atoms with van der Waals surface area (Å²) < 4.78 is 1.81. The lowest BCUT2D eigenvalue weighted by Gasteiger charge is -2.34. The first-order valence-electron chi connectivity index (χ1n) is 6.19. The Morgan fingerprint density at radius 2 is 2.18 bits per heavy atom. The molecule has 1 heterocycles. The van der Waals surface area contributed by atoms with Crippen LogP contribution < -0.4 is 5.32 Å². The number of aromatic nitrogens is 2. The normalized spacial score (nSPS) is 19.1. The van der Waals surface area contributed by atoms with Crippen molar-refractivity contribution >= 4 is 5.97 Å². The van der Waals surface area contributed by atoms with Gasteiger partial charge in [-0.15, -0.1) is 0 Å². The molecule has 0 atom stereocenters. The van der Waals surface area contributed by atoms with Gasteiger partial charge in [-0.25, -0.2) is 0 Å². The highest BCUT2D eigenvalue weighted by Gasteiger charge is 2.38. The van der Waals surface area contributed by atoms with E-state index in [1.54, 1.807) is 6.20 Å². The largest absolute Gasteiger partial charge is 0.480 e. The van der Waals surface area contributed by atoms with Gasteiger partial charge in [-0.05, 0) is 18.9 Å². The number of nitrogens with one attached hydrogen (secondary N) is 1. The molecular formula is C12H19N3O2. The maximum atomic E-state index is 11.4. The van der Waals surface area contributed by atoms with Crippen LogP contribution in [0, 0.1) is 0 Å². The monoisotopic (exact) mass is 237 g/mol. The third-order valence-corrected chi connectivity index (χ3v) is 3.48. The number of hydrogen-bond donors (Lipinski definition) is 2. The van der Waals surface area contributed by atoms with Gasteiger partial charge in [0.1, 0.15) is 5.54 Å². The van der Waals surface area contributed by atoms with Gasteiger partial charge in [0.05, 0.1) is 6.54 Å². The van der Waals surface area contributed by atoms with E-state index in [-0.39, 0.29) is 0 Å². The third kappa shape index (κ3) is 2.85. The minimum absolute atomic E-state index is 0.647. The summed E-state index contributed by atoms with van der Waals surface area (Å²) in [6.45, 7) is 1.36. The van der Waals surface area contributed by atoms with Crippen LogP contribution in [0.2, 0.25) is 0 Å². The number of rotatable bonds is 5. The fraction of sp³-hybridized carbons (Fsp3) is 0.667. The second kappa shape index (κ2) is 5.31. The first-order chi connectivity index (χ1) is 8.23. The highest BCUT2D eigenvalue weighted by Crippen LogP contribution is 2.28. The van der Waals surface area contributed by atoms with Gasteiger partial charge < -0.3 is 10.4 Å². The van der Waals surface area contributed by atoms with Gasteiger partial charge in [0.15, 0.2) is 0 Å². The predicted molar refractivity (Wildman–Crippen MR) is 63.7 cm³/mol. The summed E-state index contributed by atoms with van der Waals surface area (Å²) in [4.78, 5) is 11.4. The second-order valence-electron chi connectivity index (χ2n) is 4.64. The van der Waals surface area contributed by atoms with E-state index in [0.717, 1.165) is 32.1 Å². The molecule has 5 heteroatoms. The molecule has 0 radical (unpaired) electrons. The van der Waals surface area contributed by atoms with Crippen LogP contribution in [0.15, 0.2) is 18.5 Å². The zero-order valence-corrected chi connectivity index (χ0v) is 9.93. The van der Waals surface area contributed by atoms with Crippen molar-refractivity contribution in [3.8, 4) is 0 Å². The molecule has 5 nitrogen and oxygen atoms in total. The maximum absolute atomic E-state index is 11.4. The van der Waals surface area contributed by atoms with E-state index in [9.17, 15) is 9.90 Å². The lowest BCUT2D eigenvalue weighted by molar-refractivity contribution is -0.146. The van der Waals surface area contributed by atoms with E-state index in [1.807, 2.05) is 16.9 Å². The van der Waals surface area contributed by atoms with Crippen LogP contribution in [0.4, 0.5) is 0 Å². The van der Waals surface area contributed by atoms with E-state index < -0.39 is 11.5 Å². The Morgan fingerprint density at radius 1 is 1.41 bits per heavy atom. The molecule has 1 fully saturated rings. The minimum atomic E-state index is -0.710. The lowest BCUT2D eigenvalue weighted by Crippen LogP contribution is -2.54. The number of carbonyl (C=O) groups is 1. The molecule has 1 aromatic rings. The van der Waals surface area contributed by atoms with Gasteiger partial charge in [-0.1, -0.05) is 19.3 Å². The van der Waals surface area contributed by atoms with Crippen molar-refractivity contribution in [3.05, 3.63) is 18.5 Å². The molecular weight excluding hydrogens is 218 g/mol. The Labute approximate surface area is 101 Å². The fourth-order valence-electron chi connectivity index (χ4n) is 2.46. The van der Waals surface area contributed by atoms with Crippen LogP contribution in [-0.2, 0) is 11.3 Å². The lowest BCUT2D eigenvalue weighted by atomic mass is 9.81. The molecule has 2 rings (SSSR count).